The third-order valence-corrected chi connectivity index (χ3v) is 2.40. The maximum atomic E-state index is 12.3. The molecule has 0 saturated heterocycles. The van der Waals surface area contributed by atoms with E-state index >= 15 is 0 Å². The van der Waals surface area contributed by atoms with Gasteiger partial charge in [0.05, 0.1) is 12.2 Å². The van der Waals surface area contributed by atoms with Crippen LogP contribution in [0, 0.1) is 0 Å². The van der Waals surface area contributed by atoms with Gasteiger partial charge in [0.15, 0.2) is 0 Å². The molecule has 0 aliphatic carbocycles. The molecule has 0 saturated carbocycles. The van der Waals surface area contributed by atoms with Crippen LogP contribution >= 0.6 is 0 Å². The first-order valence-corrected chi connectivity index (χ1v) is 4.98. The van der Waals surface area contributed by atoms with Crippen molar-refractivity contribution in [1.82, 2.24) is 0 Å². The van der Waals surface area contributed by atoms with Crippen molar-refractivity contribution in [3.63, 3.8) is 0 Å². The number of aliphatic hydroxyl groups excluding tert-OH is 1. The number of rotatable bonds is 5. The first kappa shape index (κ1) is 12.1. The van der Waals surface area contributed by atoms with Crippen LogP contribution in [0.1, 0.15) is 19.4 Å². The molecule has 1 atom stereocenters. The highest BCUT2D eigenvalue weighted by atomic mass is 19.1. The van der Waals surface area contributed by atoms with Crippen molar-refractivity contribution in [3.8, 4) is 0 Å². The molecule has 0 heterocycles. The van der Waals surface area contributed by atoms with E-state index in [1.807, 2.05) is 30.3 Å². The molecule has 2 nitrogen and oxygen atoms in total. The topological polar surface area (TPSA) is 29.5 Å². The standard InChI is InChI=1S/C12H17FO2/c1-12(2,11(14)8-13)15-9-10-6-4-3-5-7-10/h3-7,11,14H,8-9H2,1-2H3. The molecule has 0 aliphatic heterocycles. The van der Waals surface area contributed by atoms with Gasteiger partial charge in [-0.05, 0) is 19.4 Å². The number of benzene rings is 1. The molecule has 0 aliphatic rings. The summed E-state index contributed by atoms with van der Waals surface area (Å²) in [5.41, 5.74) is 0.154. The third kappa shape index (κ3) is 3.61. The molecule has 0 fully saturated rings. The van der Waals surface area contributed by atoms with Crippen LogP contribution in [0.25, 0.3) is 0 Å². The highest BCUT2D eigenvalue weighted by molar-refractivity contribution is 5.13. The number of hydrogen-bond donors (Lipinski definition) is 1. The van der Waals surface area contributed by atoms with Gasteiger partial charge in [-0.1, -0.05) is 30.3 Å². The lowest BCUT2D eigenvalue weighted by Gasteiger charge is -2.29. The average Bonchev–Trinajstić information content (AvgIpc) is 2.27. The van der Waals surface area contributed by atoms with E-state index in [1.54, 1.807) is 13.8 Å². The van der Waals surface area contributed by atoms with Crippen LogP contribution in [-0.2, 0) is 11.3 Å². The molecular formula is C12H17FO2. The zero-order valence-electron chi connectivity index (χ0n) is 9.11. The molecule has 0 aromatic heterocycles. The van der Waals surface area contributed by atoms with Crippen LogP contribution < -0.4 is 0 Å². The Hall–Kier alpha value is -0.930. The van der Waals surface area contributed by atoms with Crippen molar-refractivity contribution in [1.29, 1.82) is 0 Å². The van der Waals surface area contributed by atoms with Gasteiger partial charge in [-0.25, -0.2) is 4.39 Å². The van der Waals surface area contributed by atoms with Gasteiger partial charge in [0.25, 0.3) is 0 Å². The minimum atomic E-state index is -1.08. The van der Waals surface area contributed by atoms with E-state index in [4.69, 9.17) is 4.74 Å². The predicted molar refractivity (Wildman–Crippen MR) is 57.3 cm³/mol. The Kier molecular flexibility index (Phi) is 4.24. The maximum absolute atomic E-state index is 12.3. The maximum Gasteiger partial charge on any atom is 0.118 e. The Morgan fingerprint density at radius 1 is 1.33 bits per heavy atom. The average molecular weight is 212 g/mol. The van der Waals surface area contributed by atoms with E-state index in [2.05, 4.69) is 0 Å². The molecule has 1 aromatic carbocycles. The van der Waals surface area contributed by atoms with E-state index in [1.165, 1.54) is 0 Å². The van der Waals surface area contributed by atoms with Gasteiger partial charge in [-0.3, -0.25) is 0 Å². The van der Waals surface area contributed by atoms with Gasteiger partial charge >= 0.3 is 0 Å². The molecule has 1 unspecified atom stereocenters. The Balaban J connectivity index is 2.49. The van der Waals surface area contributed by atoms with Crippen LogP contribution in [0.3, 0.4) is 0 Å². The molecular weight excluding hydrogens is 195 g/mol. The second-order valence-corrected chi connectivity index (χ2v) is 4.05. The highest BCUT2D eigenvalue weighted by Crippen LogP contribution is 2.17. The van der Waals surface area contributed by atoms with Gasteiger partial charge in [0.1, 0.15) is 12.8 Å². The number of aliphatic hydroxyl groups is 1. The third-order valence-electron chi connectivity index (χ3n) is 2.40. The lowest BCUT2D eigenvalue weighted by molar-refractivity contribution is -0.114. The van der Waals surface area contributed by atoms with E-state index in [-0.39, 0.29) is 0 Å². The van der Waals surface area contributed by atoms with Gasteiger partial charge < -0.3 is 9.84 Å². The normalized spacial score (nSPS) is 13.9. The molecule has 3 heteroatoms. The van der Waals surface area contributed by atoms with E-state index in [9.17, 15) is 9.50 Å². The van der Waals surface area contributed by atoms with E-state index in [0.717, 1.165) is 5.56 Å². The minimum Gasteiger partial charge on any atom is -0.387 e. The summed E-state index contributed by atoms with van der Waals surface area (Å²) >= 11 is 0. The van der Waals surface area contributed by atoms with Crippen LogP contribution in [0.4, 0.5) is 4.39 Å². The number of halogens is 1. The predicted octanol–water partition coefficient (Wildman–Crippen LogP) is 2.31. The summed E-state index contributed by atoms with van der Waals surface area (Å²) in [5.74, 6) is 0. The summed E-state index contributed by atoms with van der Waals surface area (Å²) in [7, 11) is 0. The summed E-state index contributed by atoms with van der Waals surface area (Å²) in [6, 6.07) is 9.61. The summed E-state index contributed by atoms with van der Waals surface area (Å²) < 4.78 is 17.8. The van der Waals surface area contributed by atoms with Crippen molar-refractivity contribution >= 4 is 0 Å². The number of alkyl halides is 1. The van der Waals surface area contributed by atoms with E-state index in [0.29, 0.717) is 6.61 Å². The van der Waals surface area contributed by atoms with Crippen molar-refractivity contribution in [3.05, 3.63) is 35.9 Å². The Morgan fingerprint density at radius 2 is 1.93 bits per heavy atom. The summed E-state index contributed by atoms with van der Waals surface area (Å²) in [4.78, 5) is 0. The van der Waals surface area contributed by atoms with Crippen molar-refractivity contribution in [2.75, 3.05) is 6.67 Å². The molecule has 0 spiro atoms. The van der Waals surface area contributed by atoms with Gasteiger partial charge in [0, 0.05) is 0 Å². The second kappa shape index (κ2) is 5.24. The first-order chi connectivity index (χ1) is 7.06. The molecule has 1 rings (SSSR count). The molecule has 0 bridgehead atoms. The number of ether oxygens (including phenoxy) is 1. The van der Waals surface area contributed by atoms with Gasteiger partial charge in [0.2, 0.25) is 0 Å². The Bertz CT molecular complexity index is 285. The Labute approximate surface area is 89.7 Å². The van der Waals surface area contributed by atoms with Crippen LogP contribution in [0.2, 0.25) is 0 Å². The fourth-order valence-electron chi connectivity index (χ4n) is 1.13. The van der Waals surface area contributed by atoms with Crippen LogP contribution in [0.15, 0.2) is 30.3 Å². The SMILES string of the molecule is CC(C)(OCc1ccccc1)C(O)CF. The smallest absolute Gasteiger partial charge is 0.118 e. The van der Waals surface area contributed by atoms with Crippen LogP contribution in [-0.4, -0.2) is 23.5 Å². The fraction of sp³-hybridized carbons (Fsp3) is 0.500. The monoisotopic (exact) mass is 212 g/mol. The summed E-state index contributed by atoms with van der Waals surface area (Å²) in [6.07, 6.45) is -1.08. The van der Waals surface area contributed by atoms with Gasteiger partial charge in [-0.2, -0.15) is 0 Å². The fourth-order valence-corrected chi connectivity index (χ4v) is 1.13. The zero-order valence-corrected chi connectivity index (χ0v) is 9.11. The van der Waals surface area contributed by atoms with Crippen LogP contribution in [0.5, 0.6) is 0 Å². The van der Waals surface area contributed by atoms with Crippen molar-refractivity contribution in [2.24, 2.45) is 0 Å². The zero-order chi connectivity index (χ0) is 11.3. The highest BCUT2D eigenvalue weighted by Gasteiger charge is 2.28. The summed E-state index contributed by atoms with van der Waals surface area (Å²) in [5, 5.41) is 9.36. The number of hydrogen-bond acceptors (Lipinski definition) is 2. The Morgan fingerprint density at radius 3 is 2.47 bits per heavy atom. The quantitative estimate of drug-likeness (QED) is 0.811. The molecule has 0 amide bonds. The molecule has 0 radical (unpaired) electrons. The molecule has 1 N–H and O–H groups in total. The minimum absolute atomic E-state index is 0.380. The molecule has 84 valence electrons. The lowest BCUT2D eigenvalue weighted by Crippen LogP contribution is -2.40. The van der Waals surface area contributed by atoms with Crippen molar-refractivity contribution < 1.29 is 14.2 Å². The second-order valence-electron chi connectivity index (χ2n) is 4.05. The molecule has 1 aromatic rings. The molecule has 15 heavy (non-hydrogen) atoms. The first-order valence-electron chi connectivity index (χ1n) is 4.98. The largest absolute Gasteiger partial charge is 0.387 e. The van der Waals surface area contributed by atoms with E-state index < -0.39 is 18.4 Å². The summed E-state index contributed by atoms with van der Waals surface area (Å²) in [6.45, 7) is 2.95. The van der Waals surface area contributed by atoms with Crippen molar-refractivity contribution in [2.45, 2.75) is 32.2 Å². The van der Waals surface area contributed by atoms with Gasteiger partial charge in [-0.15, -0.1) is 0 Å². The lowest BCUT2D eigenvalue weighted by atomic mass is 10.0.